The van der Waals surface area contributed by atoms with Gasteiger partial charge < -0.3 is 14.8 Å². The maximum atomic E-state index is 11.9. The van der Waals surface area contributed by atoms with E-state index in [0.717, 1.165) is 0 Å². The van der Waals surface area contributed by atoms with Crippen molar-refractivity contribution in [3.8, 4) is 11.4 Å². The molecule has 128 valence electrons. The van der Waals surface area contributed by atoms with Crippen LogP contribution in [-0.4, -0.2) is 30.6 Å². The molecule has 0 fully saturated rings. The largest absolute Gasteiger partial charge is 0.345 e. The molecule has 0 spiro atoms. The summed E-state index contributed by atoms with van der Waals surface area (Å²) in [7, 11) is 0. The number of hydrogen-bond acceptors (Lipinski definition) is 7. The Morgan fingerprint density at radius 3 is 3.00 bits per heavy atom. The van der Waals surface area contributed by atoms with Gasteiger partial charge in [-0.05, 0) is 19.1 Å². The third-order valence-electron chi connectivity index (χ3n) is 3.29. The number of aromatic amines is 1. The first kappa shape index (κ1) is 16.3. The normalized spacial score (nSPS) is 10.6. The molecule has 0 radical (unpaired) electrons. The lowest BCUT2D eigenvalue weighted by atomic mass is 10.3. The number of H-pyrrole nitrogens is 1. The van der Waals surface area contributed by atoms with Gasteiger partial charge in [0.2, 0.25) is 17.6 Å². The average molecular weight is 342 g/mol. The van der Waals surface area contributed by atoms with Crippen molar-refractivity contribution >= 4 is 5.91 Å². The summed E-state index contributed by atoms with van der Waals surface area (Å²) < 4.78 is 6.19. The first-order chi connectivity index (χ1) is 12.0. The highest BCUT2D eigenvalue weighted by Gasteiger charge is 2.12. The van der Waals surface area contributed by atoms with Gasteiger partial charge in [-0.25, -0.2) is 4.98 Å². The van der Waals surface area contributed by atoms with Gasteiger partial charge in [0.1, 0.15) is 6.54 Å². The van der Waals surface area contributed by atoms with Gasteiger partial charge in [0, 0.05) is 18.0 Å². The molecule has 3 heterocycles. The van der Waals surface area contributed by atoms with Crippen molar-refractivity contribution in [1.29, 1.82) is 0 Å². The van der Waals surface area contributed by atoms with E-state index in [-0.39, 0.29) is 41.5 Å². The summed E-state index contributed by atoms with van der Waals surface area (Å²) in [6, 6.07) is 4.54. The number of nitrogens with one attached hydrogen (secondary N) is 2. The highest BCUT2D eigenvalue weighted by Crippen LogP contribution is 2.09. The minimum absolute atomic E-state index is 0.0232. The van der Waals surface area contributed by atoms with Crippen molar-refractivity contribution in [2.24, 2.45) is 0 Å². The fourth-order valence-corrected chi connectivity index (χ4v) is 2.05. The van der Waals surface area contributed by atoms with Crippen LogP contribution in [0.3, 0.4) is 0 Å². The summed E-state index contributed by atoms with van der Waals surface area (Å²) in [6.45, 7) is 1.49. The molecule has 0 aliphatic carbocycles. The number of rotatable bonds is 5. The molecule has 0 aliphatic rings. The fourth-order valence-electron chi connectivity index (χ4n) is 2.05. The number of hydrogen-bond donors (Lipinski definition) is 2. The predicted octanol–water partition coefficient (Wildman–Crippen LogP) is -0.394. The van der Waals surface area contributed by atoms with Gasteiger partial charge >= 0.3 is 0 Å². The molecule has 10 nitrogen and oxygen atoms in total. The van der Waals surface area contributed by atoms with Gasteiger partial charge in [-0.15, -0.1) is 0 Å². The minimum atomic E-state index is -0.412. The molecule has 3 rings (SSSR count). The highest BCUT2D eigenvalue weighted by molar-refractivity contribution is 5.75. The van der Waals surface area contributed by atoms with Gasteiger partial charge in [0.05, 0.1) is 18.4 Å². The van der Waals surface area contributed by atoms with Crippen molar-refractivity contribution in [3.05, 3.63) is 63.0 Å². The molecule has 0 aliphatic heterocycles. The maximum absolute atomic E-state index is 11.9. The lowest BCUT2D eigenvalue weighted by Gasteiger charge is -2.05. The summed E-state index contributed by atoms with van der Waals surface area (Å²) in [5.41, 5.74) is 0.188. The second kappa shape index (κ2) is 6.91. The molecule has 10 heteroatoms. The quantitative estimate of drug-likeness (QED) is 0.644. The first-order valence-corrected chi connectivity index (χ1v) is 7.33. The molecular formula is C15H14N6O4. The van der Waals surface area contributed by atoms with E-state index in [1.807, 2.05) is 0 Å². The molecular weight excluding hydrogens is 328 g/mol. The summed E-state index contributed by atoms with van der Waals surface area (Å²) in [6.07, 6.45) is 2.80. The number of amides is 1. The number of pyridine rings is 1. The van der Waals surface area contributed by atoms with Gasteiger partial charge in [0.25, 0.3) is 11.1 Å². The molecule has 3 aromatic heterocycles. The highest BCUT2D eigenvalue weighted by atomic mass is 16.5. The summed E-state index contributed by atoms with van der Waals surface area (Å²) >= 11 is 0. The van der Waals surface area contributed by atoms with Crippen molar-refractivity contribution in [3.63, 3.8) is 0 Å². The van der Waals surface area contributed by atoms with Crippen molar-refractivity contribution in [1.82, 2.24) is 30.0 Å². The van der Waals surface area contributed by atoms with E-state index in [2.05, 4.69) is 25.4 Å². The third-order valence-corrected chi connectivity index (χ3v) is 3.29. The Bertz CT molecular complexity index is 1020. The van der Waals surface area contributed by atoms with Crippen LogP contribution in [0.15, 0.2) is 44.8 Å². The summed E-state index contributed by atoms with van der Waals surface area (Å²) in [4.78, 5) is 45.8. The van der Waals surface area contributed by atoms with Gasteiger partial charge in [-0.2, -0.15) is 4.98 Å². The Morgan fingerprint density at radius 1 is 1.40 bits per heavy atom. The number of carbonyl (C=O) groups excluding carboxylic acids is 1. The van der Waals surface area contributed by atoms with Crippen molar-refractivity contribution in [2.45, 2.75) is 20.0 Å². The molecule has 0 bridgehead atoms. The lowest BCUT2D eigenvalue weighted by molar-refractivity contribution is -0.122. The zero-order valence-corrected chi connectivity index (χ0v) is 13.2. The van der Waals surface area contributed by atoms with E-state index in [1.165, 1.54) is 23.2 Å². The van der Waals surface area contributed by atoms with Gasteiger partial charge in [-0.1, -0.05) is 5.16 Å². The number of carbonyl (C=O) groups is 1. The van der Waals surface area contributed by atoms with Crippen molar-refractivity contribution in [2.75, 3.05) is 0 Å². The van der Waals surface area contributed by atoms with Crippen LogP contribution >= 0.6 is 0 Å². The zero-order chi connectivity index (χ0) is 17.8. The molecule has 0 saturated carbocycles. The average Bonchev–Trinajstić information content (AvgIpc) is 3.05. The van der Waals surface area contributed by atoms with Crippen LogP contribution in [0.25, 0.3) is 11.4 Å². The van der Waals surface area contributed by atoms with Crippen LogP contribution in [0.5, 0.6) is 0 Å². The second-order valence-electron chi connectivity index (χ2n) is 5.20. The van der Waals surface area contributed by atoms with E-state index in [4.69, 9.17) is 4.52 Å². The van der Waals surface area contributed by atoms with Crippen LogP contribution in [0.4, 0.5) is 0 Å². The SMILES string of the molecule is Cc1cc(=O)n(CC(=O)NCc2nc(-c3ccc[nH]c3=O)no2)cn1. The van der Waals surface area contributed by atoms with Crippen LogP contribution < -0.4 is 16.4 Å². The van der Waals surface area contributed by atoms with E-state index in [9.17, 15) is 14.4 Å². The third kappa shape index (κ3) is 3.86. The van der Waals surface area contributed by atoms with Gasteiger partial charge in [0.15, 0.2) is 0 Å². The Hall–Kier alpha value is -3.56. The Labute approximate surface area is 140 Å². The van der Waals surface area contributed by atoms with E-state index in [0.29, 0.717) is 5.69 Å². The second-order valence-corrected chi connectivity index (χ2v) is 5.20. The van der Waals surface area contributed by atoms with E-state index < -0.39 is 5.91 Å². The monoisotopic (exact) mass is 342 g/mol. The predicted molar refractivity (Wildman–Crippen MR) is 85.4 cm³/mol. The zero-order valence-electron chi connectivity index (χ0n) is 13.2. The molecule has 0 unspecified atom stereocenters. The van der Waals surface area contributed by atoms with Crippen LogP contribution in [-0.2, 0) is 17.9 Å². The van der Waals surface area contributed by atoms with E-state index >= 15 is 0 Å². The number of nitrogens with zero attached hydrogens (tertiary/aromatic N) is 4. The maximum Gasteiger partial charge on any atom is 0.259 e. The smallest absolute Gasteiger partial charge is 0.259 e. The molecule has 1 amide bonds. The fraction of sp³-hybridized carbons (Fsp3) is 0.200. The van der Waals surface area contributed by atoms with Crippen LogP contribution in [0.2, 0.25) is 0 Å². The van der Waals surface area contributed by atoms with Crippen molar-refractivity contribution < 1.29 is 9.32 Å². The lowest BCUT2D eigenvalue weighted by Crippen LogP contribution is -2.32. The molecule has 2 N–H and O–H groups in total. The molecule has 0 atom stereocenters. The Balaban J connectivity index is 1.62. The first-order valence-electron chi connectivity index (χ1n) is 7.33. The van der Waals surface area contributed by atoms with Crippen LogP contribution in [0.1, 0.15) is 11.6 Å². The molecule has 3 aromatic rings. The van der Waals surface area contributed by atoms with Crippen LogP contribution in [0, 0.1) is 6.92 Å². The van der Waals surface area contributed by atoms with E-state index in [1.54, 1.807) is 19.1 Å². The Kier molecular flexibility index (Phi) is 4.50. The minimum Gasteiger partial charge on any atom is -0.345 e. The van der Waals surface area contributed by atoms with Gasteiger partial charge in [-0.3, -0.25) is 19.0 Å². The Morgan fingerprint density at radius 2 is 2.24 bits per heavy atom. The molecule has 25 heavy (non-hydrogen) atoms. The topological polar surface area (TPSA) is 136 Å². The number of aryl methyl sites for hydroxylation is 1. The number of aromatic nitrogens is 5. The molecule has 0 aromatic carbocycles. The summed E-state index contributed by atoms with van der Waals surface area (Å²) in [5.74, 6) is -0.143. The summed E-state index contributed by atoms with van der Waals surface area (Å²) in [5, 5.41) is 6.27. The standard InChI is InChI=1S/C15H14N6O4/c1-9-5-13(23)21(8-18-9)7-11(22)17-6-12-19-14(20-25-12)10-3-2-4-16-15(10)24/h2-5,8H,6-7H2,1H3,(H,16,24)(H,17,22). The molecule has 0 saturated heterocycles.